The summed E-state index contributed by atoms with van der Waals surface area (Å²) in [6.07, 6.45) is 6.70. The Hall–Kier alpha value is -1.99. The van der Waals surface area contributed by atoms with Crippen molar-refractivity contribution in [1.29, 1.82) is 0 Å². The minimum Gasteiger partial charge on any atom is -0.444 e. The van der Waals surface area contributed by atoms with Crippen molar-refractivity contribution in [3.8, 4) is 0 Å². The molecule has 5 aliphatic heterocycles. The summed E-state index contributed by atoms with van der Waals surface area (Å²) in [5.74, 6) is 0.103. The first-order valence-electron chi connectivity index (χ1n) is 16.6. The standard InChI is InChI=1S/C14H26N2O3.C9H18N2O.C9H15NO3/c1-14(2,3)19-13(17)16-7-4-12(10-16)15-11-5-8-18-9-6-11;1-4-10-7-9(1)11-8-2-5-12-6-3-8;1-9(2,3)13-8(12)10-5-4-7(11)6-10/h11-12,15H,4-10H2,1-3H3;8-11H,1-7H2;4-6H2,1-3H3. The molecule has 44 heavy (non-hydrogen) atoms. The Labute approximate surface area is 264 Å². The number of ketones is 1. The molecule has 2 unspecified atom stereocenters. The van der Waals surface area contributed by atoms with Gasteiger partial charge >= 0.3 is 12.2 Å². The second-order valence-corrected chi connectivity index (χ2v) is 14.4. The molecule has 0 aromatic carbocycles. The third-order valence-electron chi connectivity index (χ3n) is 7.97. The first kappa shape index (κ1) is 36.5. The lowest BCUT2D eigenvalue weighted by Gasteiger charge is -2.27. The summed E-state index contributed by atoms with van der Waals surface area (Å²) in [6, 6.07) is 2.37. The van der Waals surface area contributed by atoms with Crippen molar-refractivity contribution in [3.63, 3.8) is 0 Å². The molecule has 0 saturated carbocycles. The smallest absolute Gasteiger partial charge is 0.410 e. The lowest BCUT2D eigenvalue weighted by molar-refractivity contribution is -0.117. The lowest BCUT2D eigenvalue weighted by Crippen LogP contribution is -2.44. The first-order chi connectivity index (χ1) is 20.8. The van der Waals surface area contributed by atoms with E-state index in [-0.39, 0.29) is 18.4 Å². The SMILES string of the molecule is C1CC(NC2CCOCC2)CN1.CC(C)(C)OC(=O)N1CCC(=O)C1.CC(C)(C)OC(=O)N1CCC(NC2CCOCC2)C1. The van der Waals surface area contributed by atoms with Gasteiger partial charge in [-0.25, -0.2) is 9.59 Å². The molecule has 0 aromatic rings. The van der Waals surface area contributed by atoms with Crippen molar-refractivity contribution in [2.24, 2.45) is 0 Å². The Balaban J connectivity index is 0.000000187. The molecular formula is C32H59N5O7. The van der Waals surface area contributed by atoms with E-state index in [1.54, 1.807) is 0 Å². The van der Waals surface area contributed by atoms with Gasteiger partial charge in [0.05, 0.1) is 6.54 Å². The molecule has 5 aliphatic rings. The van der Waals surface area contributed by atoms with Crippen LogP contribution in [0.3, 0.4) is 0 Å². The zero-order chi connectivity index (χ0) is 32.2. The van der Waals surface area contributed by atoms with E-state index in [2.05, 4.69) is 16.0 Å². The molecule has 2 atom stereocenters. The normalized spacial score (nSPS) is 25.2. The topological polar surface area (TPSA) is 131 Å². The summed E-state index contributed by atoms with van der Waals surface area (Å²) in [6.45, 7) is 19.3. The van der Waals surface area contributed by atoms with Crippen LogP contribution in [0.25, 0.3) is 0 Å². The summed E-state index contributed by atoms with van der Waals surface area (Å²) in [4.78, 5) is 37.4. The number of hydrogen-bond acceptors (Lipinski definition) is 10. The van der Waals surface area contributed by atoms with E-state index in [1.165, 1.54) is 30.7 Å². The van der Waals surface area contributed by atoms with Gasteiger partial charge in [-0.15, -0.1) is 0 Å². The number of nitrogens with one attached hydrogen (secondary N) is 3. The predicted octanol–water partition coefficient (Wildman–Crippen LogP) is 3.08. The van der Waals surface area contributed by atoms with Crippen LogP contribution >= 0.6 is 0 Å². The molecule has 2 amide bonds. The van der Waals surface area contributed by atoms with Crippen LogP contribution in [0.5, 0.6) is 0 Å². The van der Waals surface area contributed by atoms with Crippen LogP contribution in [0.4, 0.5) is 9.59 Å². The highest BCUT2D eigenvalue weighted by molar-refractivity contribution is 5.87. The van der Waals surface area contributed by atoms with E-state index in [9.17, 15) is 14.4 Å². The fourth-order valence-corrected chi connectivity index (χ4v) is 5.69. The van der Waals surface area contributed by atoms with Crippen LogP contribution in [0, 0.1) is 0 Å². The lowest BCUT2D eigenvalue weighted by atomic mass is 10.1. The fourth-order valence-electron chi connectivity index (χ4n) is 5.69. The number of nitrogens with zero attached hydrogens (tertiary/aromatic N) is 2. The van der Waals surface area contributed by atoms with Crippen molar-refractivity contribution in [2.75, 3.05) is 65.7 Å². The average molecular weight is 626 g/mol. The Morgan fingerprint density at radius 3 is 1.70 bits per heavy atom. The molecule has 5 rings (SSSR count). The molecule has 5 heterocycles. The largest absolute Gasteiger partial charge is 0.444 e. The minimum absolute atomic E-state index is 0.103. The van der Waals surface area contributed by atoms with Crippen molar-refractivity contribution in [3.05, 3.63) is 0 Å². The van der Waals surface area contributed by atoms with Gasteiger partial charge < -0.3 is 44.7 Å². The van der Waals surface area contributed by atoms with Crippen LogP contribution in [-0.2, 0) is 23.7 Å². The van der Waals surface area contributed by atoms with Crippen molar-refractivity contribution >= 4 is 18.0 Å². The number of ether oxygens (including phenoxy) is 4. The molecule has 0 spiro atoms. The van der Waals surface area contributed by atoms with Crippen LogP contribution in [-0.4, -0.2) is 129 Å². The maximum atomic E-state index is 12.0. The van der Waals surface area contributed by atoms with Crippen molar-refractivity contribution in [1.82, 2.24) is 25.8 Å². The van der Waals surface area contributed by atoms with Gasteiger partial charge in [0.2, 0.25) is 0 Å². The van der Waals surface area contributed by atoms with Gasteiger partial charge in [-0.3, -0.25) is 4.79 Å². The first-order valence-corrected chi connectivity index (χ1v) is 16.6. The van der Waals surface area contributed by atoms with E-state index < -0.39 is 17.3 Å². The number of carbonyl (C=O) groups is 3. The van der Waals surface area contributed by atoms with Crippen LogP contribution in [0.15, 0.2) is 0 Å². The fraction of sp³-hybridized carbons (Fsp3) is 0.906. The molecule has 12 heteroatoms. The molecule has 5 saturated heterocycles. The van der Waals surface area contributed by atoms with Gasteiger partial charge in [0, 0.05) is 83.2 Å². The zero-order valence-electron chi connectivity index (χ0n) is 28.1. The molecule has 12 nitrogen and oxygen atoms in total. The average Bonchev–Trinajstić information content (AvgIpc) is 3.72. The van der Waals surface area contributed by atoms with Crippen LogP contribution < -0.4 is 16.0 Å². The molecule has 0 aromatic heterocycles. The molecule has 0 aliphatic carbocycles. The number of carbonyl (C=O) groups excluding carboxylic acids is 3. The summed E-state index contributed by atoms with van der Waals surface area (Å²) in [5.41, 5.74) is -0.897. The minimum atomic E-state index is -0.483. The Kier molecular flexibility index (Phi) is 14.6. The molecule has 0 bridgehead atoms. The van der Waals surface area contributed by atoms with Gasteiger partial charge in [-0.05, 0) is 86.6 Å². The number of amides is 2. The second-order valence-electron chi connectivity index (χ2n) is 14.4. The predicted molar refractivity (Wildman–Crippen MR) is 169 cm³/mol. The highest BCUT2D eigenvalue weighted by Crippen LogP contribution is 2.17. The second kappa shape index (κ2) is 17.6. The quantitative estimate of drug-likeness (QED) is 0.429. The highest BCUT2D eigenvalue weighted by atomic mass is 16.6. The number of hydrogen-bond donors (Lipinski definition) is 3. The van der Waals surface area contributed by atoms with Gasteiger partial charge in [0.25, 0.3) is 0 Å². The highest BCUT2D eigenvalue weighted by Gasteiger charge is 2.31. The summed E-state index contributed by atoms with van der Waals surface area (Å²) < 4.78 is 21.2. The third kappa shape index (κ3) is 14.4. The Morgan fingerprint density at radius 2 is 1.25 bits per heavy atom. The monoisotopic (exact) mass is 625 g/mol. The molecule has 254 valence electrons. The maximum Gasteiger partial charge on any atom is 0.410 e. The van der Waals surface area contributed by atoms with Crippen molar-refractivity contribution < 1.29 is 33.3 Å². The van der Waals surface area contributed by atoms with Crippen molar-refractivity contribution in [2.45, 2.75) is 122 Å². The Morgan fingerprint density at radius 1 is 0.727 bits per heavy atom. The maximum absolute atomic E-state index is 12.0. The number of likely N-dealkylation sites (tertiary alicyclic amines) is 2. The molecule has 3 N–H and O–H groups in total. The van der Waals surface area contributed by atoms with E-state index in [1.807, 2.05) is 46.4 Å². The van der Waals surface area contributed by atoms with Gasteiger partial charge in [0.1, 0.15) is 11.2 Å². The molecule has 0 radical (unpaired) electrons. The van der Waals surface area contributed by atoms with E-state index in [0.29, 0.717) is 37.1 Å². The summed E-state index contributed by atoms with van der Waals surface area (Å²) >= 11 is 0. The Bertz CT molecular complexity index is 888. The number of Topliss-reactive ketones (excluding diaryl/α,β-unsaturated/α-hetero) is 1. The summed E-state index contributed by atoms with van der Waals surface area (Å²) in [7, 11) is 0. The van der Waals surface area contributed by atoms with E-state index >= 15 is 0 Å². The van der Waals surface area contributed by atoms with Crippen LogP contribution in [0.1, 0.15) is 86.5 Å². The third-order valence-corrected chi connectivity index (χ3v) is 7.97. The van der Waals surface area contributed by atoms with Crippen LogP contribution in [0.2, 0.25) is 0 Å². The van der Waals surface area contributed by atoms with Gasteiger partial charge in [-0.1, -0.05) is 0 Å². The van der Waals surface area contributed by atoms with E-state index in [4.69, 9.17) is 18.9 Å². The van der Waals surface area contributed by atoms with Gasteiger partial charge in [0.15, 0.2) is 5.78 Å². The van der Waals surface area contributed by atoms with Gasteiger partial charge in [-0.2, -0.15) is 0 Å². The molecular weight excluding hydrogens is 566 g/mol. The summed E-state index contributed by atoms with van der Waals surface area (Å²) in [5, 5.41) is 10.7. The van der Waals surface area contributed by atoms with E-state index in [0.717, 1.165) is 65.3 Å². The zero-order valence-corrected chi connectivity index (χ0v) is 28.1. The number of rotatable bonds is 4. The molecule has 5 fully saturated rings.